The molecular formula is C10H15N3O3. The lowest BCUT2D eigenvalue weighted by molar-refractivity contribution is 0.00598. The molecule has 1 aliphatic rings. The number of ether oxygens (including phenoxy) is 1. The third-order valence-electron chi connectivity index (χ3n) is 2.90. The van der Waals surface area contributed by atoms with Gasteiger partial charge in [0.2, 0.25) is 0 Å². The summed E-state index contributed by atoms with van der Waals surface area (Å²) in [6.07, 6.45) is 1.63. The number of nitrogens with one attached hydrogen (secondary N) is 1. The molecule has 1 saturated heterocycles. The third kappa shape index (κ3) is 1.81. The summed E-state index contributed by atoms with van der Waals surface area (Å²) in [6.45, 7) is 3.52. The summed E-state index contributed by atoms with van der Waals surface area (Å²) in [6, 6.07) is -0.0795. The van der Waals surface area contributed by atoms with E-state index >= 15 is 0 Å². The SMILES string of the molecule is Cc1cn(C2C[C@@H](N)C(C)O2)c(=O)[nH]c1=O. The molecule has 88 valence electrons. The molecule has 0 bridgehead atoms. The van der Waals surface area contributed by atoms with E-state index in [4.69, 9.17) is 10.5 Å². The number of aromatic amines is 1. The van der Waals surface area contributed by atoms with E-state index < -0.39 is 5.69 Å². The quantitative estimate of drug-likeness (QED) is 0.673. The largest absolute Gasteiger partial charge is 0.353 e. The molecule has 16 heavy (non-hydrogen) atoms. The van der Waals surface area contributed by atoms with E-state index in [1.165, 1.54) is 10.8 Å². The van der Waals surface area contributed by atoms with Crippen molar-refractivity contribution in [1.82, 2.24) is 9.55 Å². The molecule has 3 N–H and O–H groups in total. The molecule has 2 rings (SSSR count). The Labute approximate surface area is 92.0 Å². The summed E-state index contributed by atoms with van der Waals surface area (Å²) in [5.41, 5.74) is 5.47. The smallest absolute Gasteiger partial charge is 0.330 e. The molecule has 1 aromatic heterocycles. The van der Waals surface area contributed by atoms with Crippen molar-refractivity contribution in [3.05, 3.63) is 32.6 Å². The molecule has 0 radical (unpaired) electrons. The number of nitrogens with zero attached hydrogens (tertiary/aromatic N) is 1. The van der Waals surface area contributed by atoms with Crippen LogP contribution in [0.5, 0.6) is 0 Å². The molecule has 0 spiro atoms. The Bertz CT molecular complexity index is 495. The van der Waals surface area contributed by atoms with E-state index in [1.54, 1.807) is 6.92 Å². The average molecular weight is 225 g/mol. The Morgan fingerprint density at radius 3 is 2.81 bits per heavy atom. The van der Waals surface area contributed by atoms with Crippen LogP contribution in [0.25, 0.3) is 0 Å². The minimum atomic E-state index is -0.457. The summed E-state index contributed by atoms with van der Waals surface area (Å²) < 4.78 is 6.94. The lowest BCUT2D eigenvalue weighted by atomic mass is 10.2. The van der Waals surface area contributed by atoms with Crippen LogP contribution in [0.2, 0.25) is 0 Å². The topological polar surface area (TPSA) is 90.1 Å². The maximum absolute atomic E-state index is 11.6. The van der Waals surface area contributed by atoms with E-state index in [0.29, 0.717) is 12.0 Å². The van der Waals surface area contributed by atoms with Crippen molar-refractivity contribution < 1.29 is 4.74 Å². The van der Waals surface area contributed by atoms with Crippen LogP contribution in [0.15, 0.2) is 15.8 Å². The zero-order chi connectivity index (χ0) is 11.9. The van der Waals surface area contributed by atoms with Crippen molar-refractivity contribution in [2.45, 2.75) is 38.6 Å². The molecule has 1 aromatic rings. The number of aryl methyl sites for hydroxylation is 1. The Hall–Kier alpha value is -1.40. The first-order chi connectivity index (χ1) is 7.49. The van der Waals surface area contributed by atoms with Gasteiger partial charge in [0.15, 0.2) is 0 Å². The Kier molecular flexibility index (Phi) is 2.69. The van der Waals surface area contributed by atoms with Gasteiger partial charge in [-0.25, -0.2) is 4.79 Å². The fraction of sp³-hybridized carbons (Fsp3) is 0.600. The average Bonchev–Trinajstić information content (AvgIpc) is 2.53. The van der Waals surface area contributed by atoms with Gasteiger partial charge in [0.05, 0.1) is 6.10 Å². The number of hydrogen-bond acceptors (Lipinski definition) is 4. The van der Waals surface area contributed by atoms with Crippen LogP contribution >= 0.6 is 0 Å². The number of aromatic nitrogens is 2. The van der Waals surface area contributed by atoms with Gasteiger partial charge in [-0.05, 0) is 13.8 Å². The molecule has 6 heteroatoms. The van der Waals surface area contributed by atoms with E-state index in [-0.39, 0.29) is 23.9 Å². The molecule has 2 unspecified atom stereocenters. The van der Waals surface area contributed by atoms with Crippen molar-refractivity contribution >= 4 is 0 Å². The van der Waals surface area contributed by atoms with Crippen molar-refractivity contribution in [3.63, 3.8) is 0 Å². The van der Waals surface area contributed by atoms with Gasteiger partial charge < -0.3 is 10.5 Å². The minimum Gasteiger partial charge on any atom is -0.353 e. The van der Waals surface area contributed by atoms with E-state index in [0.717, 1.165) is 0 Å². The van der Waals surface area contributed by atoms with Gasteiger partial charge in [0.25, 0.3) is 5.56 Å². The fourth-order valence-electron chi connectivity index (χ4n) is 1.81. The number of H-pyrrole nitrogens is 1. The second kappa shape index (κ2) is 3.88. The van der Waals surface area contributed by atoms with Crippen LogP contribution in [0.3, 0.4) is 0 Å². The number of nitrogens with two attached hydrogens (primary N) is 1. The highest BCUT2D eigenvalue weighted by Gasteiger charge is 2.31. The summed E-state index contributed by atoms with van der Waals surface area (Å²) in [5, 5.41) is 0. The predicted octanol–water partition coefficient (Wildman–Crippen LogP) is -0.520. The molecule has 3 atom stereocenters. The Morgan fingerprint density at radius 1 is 1.56 bits per heavy atom. The van der Waals surface area contributed by atoms with Gasteiger partial charge in [-0.1, -0.05) is 0 Å². The Balaban J connectivity index is 2.39. The standard InChI is InChI=1S/C10H15N3O3/c1-5-4-13(10(15)12-9(5)14)8-3-7(11)6(2)16-8/h4,6-8H,3,11H2,1-2H3,(H,12,14,15)/t6?,7-,8?/m1/s1. The van der Waals surface area contributed by atoms with Crippen LogP contribution in [0.1, 0.15) is 25.1 Å². The van der Waals surface area contributed by atoms with Crippen LogP contribution in [-0.4, -0.2) is 21.7 Å². The highest BCUT2D eigenvalue weighted by molar-refractivity contribution is 5.02. The fourth-order valence-corrected chi connectivity index (χ4v) is 1.81. The summed E-state index contributed by atoms with van der Waals surface area (Å²) in [4.78, 5) is 25.0. The first kappa shape index (κ1) is 11.1. The van der Waals surface area contributed by atoms with Crippen LogP contribution in [0, 0.1) is 6.92 Å². The molecule has 0 saturated carbocycles. The monoisotopic (exact) mass is 225 g/mol. The van der Waals surface area contributed by atoms with E-state index in [2.05, 4.69) is 4.98 Å². The lowest BCUT2D eigenvalue weighted by Crippen LogP contribution is -2.33. The molecule has 0 aliphatic carbocycles. The van der Waals surface area contributed by atoms with Crippen molar-refractivity contribution in [2.24, 2.45) is 5.73 Å². The van der Waals surface area contributed by atoms with E-state index in [1.807, 2.05) is 6.92 Å². The van der Waals surface area contributed by atoms with E-state index in [9.17, 15) is 9.59 Å². The third-order valence-corrected chi connectivity index (χ3v) is 2.90. The molecule has 2 heterocycles. The lowest BCUT2D eigenvalue weighted by Gasteiger charge is -2.13. The van der Waals surface area contributed by atoms with Crippen LogP contribution in [-0.2, 0) is 4.74 Å². The molecule has 1 fully saturated rings. The highest BCUT2D eigenvalue weighted by atomic mass is 16.5. The molecular weight excluding hydrogens is 210 g/mol. The Morgan fingerprint density at radius 2 is 2.25 bits per heavy atom. The normalized spacial score (nSPS) is 29.6. The molecule has 0 aromatic carbocycles. The van der Waals surface area contributed by atoms with Gasteiger partial charge in [-0.2, -0.15) is 0 Å². The summed E-state index contributed by atoms with van der Waals surface area (Å²) in [7, 11) is 0. The predicted molar refractivity (Wildman–Crippen MR) is 58.2 cm³/mol. The first-order valence-electron chi connectivity index (χ1n) is 5.22. The van der Waals surface area contributed by atoms with Crippen molar-refractivity contribution in [1.29, 1.82) is 0 Å². The maximum atomic E-state index is 11.6. The van der Waals surface area contributed by atoms with Gasteiger partial charge in [0.1, 0.15) is 6.23 Å². The number of hydrogen-bond donors (Lipinski definition) is 2. The second-order valence-electron chi connectivity index (χ2n) is 4.17. The second-order valence-corrected chi connectivity index (χ2v) is 4.17. The van der Waals surface area contributed by atoms with Gasteiger partial charge >= 0.3 is 5.69 Å². The minimum absolute atomic E-state index is 0.0795. The van der Waals surface area contributed by atoms with Gasteiger partial charge in [-0.15, -0.1) is 0 Å². The zero-order valence-corrected chi connectivity index (χ0v) is 9.27. The van der Waals surface area contributed by atoms with Gasteiger partial charge in [-0.3, -0.25) is 14.3 Å². The highest BCUT2D eigenvalue weighted by Crippen LogP contribution is 2.25. The molecule has 0 amide bonds. The number of rotatable bonds is 1. The summed E-state index contributed by atoms with van der Waals surface area (Å²) >= 11 is 0. The molecule has 6 nitrogen and oxygen atoms in total. The van der Waals surface area contributed by atoms with Crippen molar-refractivity contribution in [3.8, 4) is 0 Å². The van der Waals surface area contributed by atoms with Crippen molar-refractivity contribution in [2.75, 3.05) is 0 Å². The zero-order valence-electron chi connectivity index (χ0n) is 9.27. The first-order valence-corrected chi connectivity index (χ1v) is 5.22. The van der Waals surface area contributed by atoms with Crippen LogP contribution in [0.4, 0.5) is 0 Å². The van der Waals surface area contributed by atoms with Crippen LogP contribution < -0.4 is 17.0 Å². The molecule has 1 aliphatic heterocycles. The summed E-state index contributed by atoms with van der Waals surface area (Å²) in [5.74, 6) is 0. The maximum Gasteiger partial charge on any atom is 0.330 e. The van der Waals surface area contributed by atoms with Gasteiger partial charge in [0, 0.05) is 24.2 Å².